The van der Waals surface area contributed by atoms with Crippen LogP contribution in [-0.4, -0.2) is 27.2 Å². The van der Waals surface area contributed by atoms with Gasteiger partial charge in [0.25, 0.3) is 5.91 Å². The zero-order valence-corrected chi connectivity index (χ0v) is 11.3. The Hall–Kier alpha value is -2.17. The molecule has 19 heavy (non-hydrogen) atoms. The van der Waals surface area contributed by atoms with Crippen molar-refractivity contribution in [1.29, 1.82) is 0 Å². The molecule has 0 saturated carbocycles. The summed E-state index contributed by atoms with van der Waals surface area (Å²) in [7, 11) is 0. The average molecular weight is 259 g/mol. The molecule has 0 aliphatic carbocycles. The van der Waals surface area contributed by atoms with E-state index >= 15 is 0 Å². The van der Waals surface area contributed by atoms with Crippen molar-refractivity contribution in [3.05, 3.63) is 41.4 Å². The Kier molecular flexibility index (Phi) is 3.38. The van der Waals surface area contributed by atoms with Gasteiger partial charge in [-0.3, -0.25) is 14.8 Å². The third-order valence-corrected chi connectivity index (χ3v) is 3.05. The minimum Gasteiger partial charge on any atom is -0.509 e. The van der Waals surface area contributed by atoms with Gasteiger partial charge in [-0.1, -0.05) is 6.07 Å². The van der Waals surface area contributed by atoms with Gasteiger partial charge in [0, 0.05) is 11.9 Å². The first-order valence-electron chi connectivity index (χ1n) is 6.09. The van der Waals surface area contributed by atoms with Gasteiger partial charge in [-0.15, -0.1) is 0 Å². The molecule has 0 aromatic carbocycles. The SMILES string of the molecule is CC(=NCc1ccccn1)C1=C(O)C(C)(C)NC1=O. The van der Waals surface area contributed by atoms with Crippen molar-refractivity contribution >= 4 is 11.6 Å². The van der Waals surface area contributed by atoms with Crippen LogP contribution in [0.3, 0.4) is 0 Å². The molecule has 1 amide bonds. The van der Waals surface area contributed by atoms with E-state index in [1.54, 1.807) is 27.0 Å². The highest BCUT2D eigenvalue weighted by Crippen LogP contribution is 2.25. The maximum Gasteiger partial charge on any atom is 0.257 e. The molecule has 0 spiro atoms. The summed E-state index contributed by atoms with van der Waals surface area (Å²) >= 11 is 0. The molecule has 2 heterocycles. The lowest BCUT2D eigenvalue weighted by atomic mass is 10.0. The van der Waals surface area contributed by atoms with Gasteiger partial charge in [0.1, 0.15) is 5.76 Å². The predicted molar refractivity (Wildman–Crippen MR) is 72.9 cm³/mol. The summed E-state index contributed by atoms with van der Waals surface area (Å²) in [6.45, 7) is 5.60. The van der Waals surface area contributed by atoms with E-state index in [0.29, 0.717) is 12.3 Å². The van der Waals surface area contributed by atoms with Crippen LogP contribution in [0.25, 0.3) is 0 Å². The van der Waals surface area contributed by atoms with Crippen LogP contribution in [-0.2, 0) is 11.3 Å². The van der Waals surface area contributed by atoms with Crippen LogP contribution in [0.15, 0.2) is 40.7 Å². The monoisotopic (exact) mass is 259 g/mol. The van der Waals surface area contributed by atoms with Gasteiger partial charge in [-0.2, -0.15) is 0 Å². The highest BCUT2D eigenvalue weighted by atomic mass is 16.3. The Balaban J connectivity index is 2.22. The van der Waals surface area contributed by atoms with Crippen LogP contribution in [0.2, 0.25) is 0 Å². The third kappa shape index (κ3) is 2.65. The molecule has 0 fully saturated rings. The maximum atomic E-state index is 11.8. The van der Waals surface area contributed by atoms with Crippen LogP contribution >= 0.6 is 0 Å². The lowest BCUT2D eigenvalue weighted by molar-refractivity contribution is -0.117. The standard InChI is InChI=1S/C14H17N3O2/c1-9(16-8-10-6-4-5-7-15-10)11-12(18)14(2,3)17-13(11)19/h4-7,18H,8H2,1-3H3,(H,17,19). The van der Waals surface area contributed by atoms with E-state index in [-0.39, 0.29) is 17.2 Å². The van der Waals surface area contributed by atoms with E-state index in [9.17, 15) is 9.90 Å². The molecule has 0 radical (unpaired) electrons. The second kappa shape index (κ2) is 4.84. The van der Waals surface area contributed by atoms with E-state index < -0.39 is 5.54 Å². The molecule has 100 valence electrons. The summed E-state index contributed by atoms with van der Waals surface area (Å²) in [6, 6.07) is 5.58. The van der Waals surface area contributed by atoms with Gasteiger partial charge in [-0.25, -0.2) is 0 Å². The van der Waals surface area contributed by atoms with Crippen molar-refractivity contribution in [3.8, 4) is 0 Å². The molecule has 5 nitrogen and oxygen atoms in total. The van der Waals surface area contributed by atoms with Gasteiger partial charge < -0.3 is 10.4 Å². The fraction of sp³-hybridized carbons (Fsp3) is 0.357. The first-order valence-corrected chi connectivity index (χ1v) is 6.09. The number of nitrogens with zero attached hydrogens (tertiary/aromatic N) is 2. The molecule has 2 rings (SSSR count). The number of carbonyl (C=O) groups excluding carboxylic acids is 1. The second-order valence-corrected chi connectivity index (χ2v) is 5.03. The molecule has 5 heteroatoms. The largest absolute Gasteiger partial charge is 0.509 e. The summed E-state index contributed by atoms with van der Waals surface area (Å²) in [6.07, 6.45) is 1.70. The molecule has 1 aromatic heterocycles. The number of aliphatic imine (C=N–C) groups is 1. The smallest absolute Gasteiger partial charge is 0.257 e. The first-order chi connectivity index (χ1) is 8.92. The molecule has 0 saturated heterocycles. The fourth-order valence-corrected chi connectivity index (χ4v) is 1.93. The van der Waals surface area contributed by atoms with E-state index in [2.05, 4.69) is 15.3 Å². The topological polar surface area (TPSA) is 74.6 Å². The lowest BCUT2D eigenvalue weighted by Crippen LogP contribution is -2.38. The number of aliphatic hydroxyl groups excluding tert-OH is 1. The Bertz CT molecular complexity index is 559. The zero-order valence-electron chi connectivity index (χ0n) is 11.3. The Morgan fingerprint density at radius 3 is 2.74 bits per heavy atom. The number of amides is 1. The van der Waals surface area contributed by atoms with Crippen LogP contribution < -0.4 is 5.32 Å². The number of hydrogen-bond acceptors (Lipinski definition) is 4. The van der Waals surface area contributed by atoms with Crippen LogP contribution in [0.5, 0.6) is 0 Å². The predicted octanol–water partition coefficient (Wildman–Crippen LogP) is 1.76. The quantitative estimate of drug-likeness (QED) is 0.812. The second-order valence-electron chi connectivity index (χ2n) is 5.03. The fourth-order valence-electron chi connectivity index (χ4n) is 1.93. The summed E-state index contributed by atoms with van der Waals surface area (Å²) in [5.74, 6) is -0.246. The van der Waals surface area contributed by atoms with Gasteiger partial charge >= 0.3 is 0 Å². The number of pyridine rings is 1. The van der Waals surface area contributed by atoms with E-state index in [4.69, 9.17) is 0 Å². The van der Waals surface area contributed by atoms with Crippen molar-refractivity contribution in [2.75, 3.05) is 0 Å². The highest BCUT2D eigenvalue weighted by molar-refractivity contribution is 6.23. The van der Waals surface area contributed by atoms with Crippen molar-refractivity contribution in [1.82, 2.24) is 10.3 Å². The molecule has 2 N–H and O–H groups in total. The molecule has 0 atom stereocenters. The van der Waals surface area contributed by atoms with Crippen molar-refractivity contribution in [3.63, 3.8) is 0 Å². The molecule has 1 aliphatic heterocycles. The van der Waals surface area contributed by atoms with Crippen molar-refractivity contribution in [2.24, 2.45) is 4.99 Å². The Labute approximate surface area is 112 Å². The van der Waals surface area contributed by atoms with Gasteiger partial charge in [-0.05, 0) is 32.9 Å². The normalized spacial score (nSPS) is 18.7. The number of hydrogen-bond donors (Lipinski definition) is 2. The number of carbonyl (C=O) groups is 1. The zero-order chi connectivity index (χ0) is 14.0. The number of rotatable bonds is 3. The van der Waals surface area contributed by atoms with E-state index in [1.165, 1.54) is 0 Å². The third-order valence-electron chi connectivity index (χ3n) is 3.05. The Morgan fingerprint density at radius 2 is 2.21 bits per heavy atom. The summed E-state index contributed by atoms with van der Waals surface area (Å²) < 4.78 is 0. The van der Waals surface area contributed by atoms with Gasteiger partial charge in [0.15, 0.2) is 0 Å². The Morgan fingerprint density at radius 1 is 1.47 bits per heavy atom. The summed E-state index contributed by atoms with van der Waals surface area (Å²) in [5.41, 5.74) is 0.876. The maximum absolute atomic E-state index is 11.8. The lowest BCUT2D eigenvalue weighted by Gasteiger charge is -2.17. The number of aliphatic hydroxyl groups is 1. The van der Waals surface area contributed by atoms with E-state index in [1.807, 2.05) is 18.2 Å². The molecule has 1 aliphatic rings. The summed E-state index contributed by atoms with van der Waals surface area (Å²) in [4.78, 5) is 20.3. The van der Waals surface area contributed by atoms with E-state index in [0.717, 1.165) is 5.69 Å². The van der Waals surface area contributed by atoms with Crippen molar-refractivity contribution in [2.45, 2.75) is 32.9 Å². The molecular formula is C14H17N3O2. The van der Waals surface area contributed by atoms with Gasteiger partial charge in [0.05, 0.1) is 23.4 Å². The highest BCUT2D eigenvalue weighted by Gasteiger charge is 2.38. The minimum atomic E-state index is -0.728. The number of nitrogens with one attached hydrogen (secondary N) is 1. The first kappa shape index (κ1) is 13.3. The summed E-state index contributed by atoms with van der Waals surface area (Å²) in [5, 5.41) is 12.8. The van der Waals surface area contributed by atoms with Crippen molar-refractivity contribution < 1.29 is 9.90 Å². The van der Waals surface area contributed by atoms with Crippen LogP contribution in [0, 0.1) is 0 Å². The van der Waals surface area contributed by atoms with Gasteiger partial charge in [0.2, 0.25) is 0 Å². The minimum absolute atomic E-state index is 0.0415. The van der Waals surface area contributed by atoms with Crippen LogP contribution in [0.1, 0.15) is 26.5 Å². The average Bonchev–Trinajstić information content (AvgIpc) is 2.57. The molecule has 0 unspecified atom stereocenters. The number of aromatic nitrogens is 1. The molecule has 0 bridgehead atoms. The molecular weight excluding hydrogens is 242 g/mol. The molecule has 1 aromatic rings. The van der Waals surface area contributed by atoms with Crippen LogP contribution in [0.4, 0.5) is 0 Å².